The van der Waals surface area contributed by atoms with Crippen molar-refractivity contribution in [3.05, 3.63) is 88.8 Å². The number of aromatic amines is 1. The first-order chi connectivity index (χ1) is 17.1. The summed E-state index contributed by atoms with van der Waals surface area (Å²) in [5, 5.41) is 20.8. The molecule has 3 N–H and O–H groups in total. The summed E-state index contributed by atoms with van der Waals surface area (Å²) in [4.78, 5) is 34.5. The molecule has 2 aromatic carbocycles. The number of carbonyl (C=O) groups is 2. The van der Waals surface area contributed by atoms with Crippen LogP contribution in [0.25, 0.3) is 21.5 Å². The lowest BCUT2D eigenvalue weighted by molar-refractivity contribution is 0.0934. The molecule has 0 radical (unpaired) electrons. The van der Waals surface area contributed by atoms with E-state index in [-0.39, 0.29) is 23.3 Å². The largest absolute Gasteiger partial charge is 0.346 e. The minimum absolute atomic E-state index is 0.113. The van der Waals surface area contributed by atoms with Crippen molar-refractivity contribution in [1.29, 1.82) is 0 Å². The maximum Gasteiger partial charge on any atom is 0.270 e. The van der Waals surface area contributed by atoms with Gasteiger partial charge in [-0.25, -0.2) is 9.97 Å². The van der Waals surface area contributed by atoms with Crippen molar-refractivity contribution in [2.45, 2.75) is 19.5 Å². The normalized spacial score (nSPS) is 11.8. The fourth-order valence-corrected chi connectivity index (χ4v) is 4.55. The van der Waals surface area contributed by atoms with Gasteiger partial charge >= 0.3 is 0 Å². The zero-order valence-corrected chi connectivity index (χ0v) is 19.4. The molecule has 5 rings (SSSR count). The second-order valence-electron chi connectivity index (χ2n) is 7.77. The van der Waals surface area contributed by atoms with Gasteiger partial charge < -0.3 is 10.6 Å². The third-order valence-electron chi connectivity index (χ3n) is 5.39. The van der Waals surface area contributed by atoms with Crippen molar-refractivity contribution >= 4 is 33.2 Å². The Morgan fingerprint density at radius 3 is 2.51 bits per heavy atom. The molecule has 0 aliphatic carbocycles. The van der Waals surface area contributed by atoms with Crippen molar-refractivity contribution in [3.8, 4) is 11.4 Å². The SMILES string of the molecule is C[C@H](NC(=O)c1cc(C(=O)NCc2cc3ccccc3s2)ncn1)c1ccc(-c2nn[nH]n2)cc1. The van der Waals surface area contributed by atoms with Crippen LogP contribution in [0.3, 0.4) is 0 Å². The first kappa shape index (κ1) is 22.3. The standard InChI is InChI=1S/C24H20N8O2S/c1-14(15-6-8-16(9-7-15)22-29-31-32-30-22)28-24(34)20-11-19(26-13-27-20)23(33)25-12-18-10-17-4-2-3-5-21(17)35-18/h2-11,13-14H,12H2,1H3,(H,25,33)(H,28,34)(H,29,30,31,32)/t14-/m0/s1. The average Bonchev–Trinajstić information content (AvgIpc) is 3.57. The van der Waals surface area contributed by atoms with Gasteiger partial charge in [-0.1, -0.05) is 42.5 Å². The predicted octanol–water partition coefficient (Wildman–Crippen LogP) is 3.29. The second-order valence-corrected chi connectivity index (χ2v) is 8.94. The number of nitrogens with zero attached hydrogens (tertiary/aromatic N) is 5. The molecule has 0 aliphatic rings. The highest BCUT2D eigenvalue weighted by molar-refractivity contribution is 7.19. The number of tetrazole rings is 1. The molecule has 0 bridgehead atoms. The fraction of sp³-hybridized carbons (Fsp3) is 0.125. The summed E-state index contributed by atoms with van der Waals surface area (Å²) in [6.07, 6.45) is 1.22. The van der Waals surface area contributed by atoms with Crippen molar-refractivity contribution < 1.29 is 9.59 Å². The van der Waals surface area contributed by atoms with Crippen LogP contribution in [0.4, 0.5) is 0 Å². The van der Waals surface area contributed by atoms with Crippen molar-refractivity contribution in [1.82, 2.24) is 41.2 Å². The lowest BCUT2D eigenvalue weighted by Crippen LogP contribution is -2.29. The number of hydrogen-bond donors (Lipinski definition) is 3. The van der Waals surface area contributed by atoms with Crippen LogP contribution in [0.5, 0.6) is 0 Å². The number of hydrogen-bond acceptors (Lipinski definition) is 8. The fourth-order valence-electron chi connectivity index (χ4n) is 3.55. The summed E-state index contributed by atoms with van der Waals surface area (Å²) in [5.41, 5.74) is 1.94. The summed E-state index contributed by atoms with van der Waals surface area (Å²) < 4.78 is 1.16. The number of benzene rings is 2. The topological polar surface area (TPSA) is 138 Å². The van der Waals surface area contributed by atoms with Gasteiger partial charge in [0.05, 0.1) is 12.6 Å². The van der Waals surface area contributed by atoms with Crippen molar-refractivity contribution in [3.63, 3.8) is 0 Å². The molecule has 0 spiro atoms. The molecule has 5 aromatic rings. The van der Waals surface area contributed by atoms with E-state index in [9.17, 15) is 9.59 Å². The Bertz CT molecular complexity index is 1450. The highest BCUT2D eigenvalue weighted by Gasteiger charge is 2.16. The Balaban J connectivity index is 1.21. The van der Waals surface area contributed by atoms with Gasteiger partial charge in [0.15, 0.2) is 0 Å². The van der Waals surface area contributed by atoms with Gasteiger partial charge in [0.1, 0.15) is 17.7 Å². The number of amides is 2. The molecular formula is C24H20N8O2S. The molecule has 0 fully saturated rings. The van der Waals surface area contributed by atoms with Crippen LogP contribution in [0.1, 0.15) is 44.4 Å². The van der Waals surface area contributed by atoms with Gasteiger partial charge in [-0.05, 0) is 35.2 Å². The van der Waals surface area contributed by atoms with E-state index in [2.05, 4.69) is 47.3 Å². The van der Waals surface area contributed by atoms with E-state index in [1.165, 1.54) is 12.4 Å². The molecule has 0 aliphatic heterocycles. The Labute approximate surface area is 203 Å². The van der Waals surface area contributed by atoms with Crippen LogP contribution in [0.15, 0.2) is 67.0 Å². The Morgan fingerprint density at radius 2 is 1.77 bits per heavy atom. The van der Waals surface area contributed by atoms with Crippen LogP contribution < -0.4 is 10.6 Å². The predicted molar refractivity (Wildman–Crippen MR) is 131 cm³/mol. The Kier molecular flexibility index (Phi) is 6.22. The number of aromatic nitrogens is 6. The molecule has 3 heterocycles. The molecule has 0 unspecified atom stereocenters. The zero-order valence-electron chi connectivity index (χ0n) is 18.6. The maximum absolute atomic E-state index is 12.8. The van der Waals surface area contributed by atoms with E-state index in [4.69, 9.17) is 0 Å². The molecule has 3 aromatic heterocycles. The minimum atomic E-state index is -0.402. The minimum Gasteiger partial charge on any atom is -0.346 e. The molecule has 1 atom stereocenters. The van der Waals surface area contributed by atoms with Gasteiger partial charge in [0.25, 0.3) is 11.8 Å². The van der Waals surface area contributed by atoms with Crippen LogP contribution in [-0.2, 0) is 6.54 Å². The molecule has 174 valence electrons. The van der Waals surface area contributed by atoms with Gasteiger partial charge in [-0.2, -0.15) is 5.21 Å². The van der Waals surface area contributed by atoms with E-state index in [1.54, 1.807) is 11.3 Å². The molecule has 0 saturated carbocycles. The molecule has 35 heavy (non-hydrogen) atoms. The number of carbonyl (C=O) groups excluding carboxylic acids is 2. The van der Waals surface area contributed by atoms with Crippen molar-refractivity contribution in [2.75, 3.05) is 0 Å². The molecule has 10 nitrogen and oxygen atoms in total. The summed E-state index contributed by atoms with van der Waals surface area (Å²) >= 11 is 1.62. The first-order valence-electron chi connectivity index (χ1n) is 10.8. The number of rotatable bonds is 7. The van der Waals surface area contributed by atoms with Crippen LogP contribution in [-0.4, -0.2) is 42.4 Å². The third kappa shape index (κ3) is 5.04. The van der Waals surface area contributed by atoms with E-state index in [0.29, 0.717) is 12.4 Å². The Morgan fingerprint density at radius 1 is 1.00 bits per heavy atom. The highest BCUT2D eigenvalue weighted by Crippen LogP contribution is 2.25. The highest BCUT2D eigenvalue weighted by atomic mass is 32.1. The van der Waals surface area contributed by atoms with E-state index in [1.807, 2.05) is 55.5 Å². The van der Waals surface area contributed by atoms with Gasteiger partial charge in [0, 0.05) is 21.2 Å². The van der Waals surface area contributed by atoms with Crippen LogP contribution in [0, 0.1) is 0 Å². The zero-order chi connectivity index (χ0) is 24.2. The summed E-state index contributed by atoms with van der Waals surface area (Å²) in [6, 6.07) is 18.7. The maximum atomic E-state index is 12.8. The smallest absolute Gasteiger partial charge is 0.270 e. The van der Waals surface area contributed by atoms with E-state index < -0.39 is 5.91 Å². The molecule has 0 saturated heterocycles. The van der Waals surface area contributed by atoms with Gasteiger partial charge in [0.2, 0.25) is 5.82 Å². The lowest BCUT2D eigenvalue weighted by Gasteiger charge is -2.14. The monoisotopic (exact) mass is 484 g/mol. The van der Waals surface area contributed by atoms with Gasteiger partial charge in [-0.15, -0.1) is 21.5 Å². The van der Waals surface area contributed by atoms with Crippen LogP contribution >= 0.6 is 11.3 Å². The van der Waals surface area contributed by atoms with Crippen molar-refractivity contribution in [2.24, 2.45) is 0 Å². The average molecular weight is 485 g/mol. The first-order valence-corrected chi connectivity index (χ1v) is 11.6. The molecular weight excluding hydrogens is 464 g/mol. The van der Waals surface area contributed by atoms with E-state index in [0.717, 1.165) is 26.1 Å². The second kappa shape index (κ2) is 9.77. The molecule has 11 heteroatoms. The van der Waals surface area contributed by atoms with Gasteiger partial charge in [-0.3, -0.25) is 9.59 Å². The number of thiophene rings is 1. The lowest BCUT2D eigenvalue weighted by atomic mass is 10.1. The number of H-pyrrole nitrogens is 1. The summed E-state index contributed by atoms with van der Waals surface area (Å²) in [7, 11) is 0. The third-order valence-corrected chi connectivity index (χ3v) is 6.51. The number of nitrogens with one attached hydrogen (secondary N) is 3. The quantitative estimate of drug-likeness (QED) is 0.322. The Hall–Kier alpha value is -4.51. The molecule has 2 amide bonds. The summed E-state index contributed by atoms with van der Waals surface area (Å²) in [5.74, 6) is -0.280. The van der Waals surface area contributed by atoms with E-state index >= 15 is 0 Å². The van der Waals surface area contributed by atoms with Crippen LogP contribution in [0.2, 0.25) is 0 Å². The summed E-state index contributed by atoms with van der Waals surface area (Å²) in [6.45, 7) is 2.24. The number of fused-ring (bicyclic) bond motifs is 1.